The van der Waals surface area contributed by atoms with E-state index in [0.29, 0.717) is 22.1 Å². The summed E-state index contributed by atoms with van der Waals surface area (Å²) in [4.78, 5) is 10.6. The summed E-state index contributed by atoms with van der Waals surface area (Å²) in [6.45, 7) is 0. The summed E-state index contributed by atoms with van der Waals surface area (Å²) in [5, 5.41) is 9.10. The number of benzene rings is 1. The van der Waals surface area contributed by atoms with Crippen LogP contribution < -0.4 is 15.2 Å². The van der Waals surface area contributed by atoms with E-state index in [0.717, 1.165) is 0 Å². The first-order valence-corrected chi connectivity index (χ1v) is 5.76. The number of halogens is 1. The Bertz CT molecular complexity index is 436. The van der Waals surface area contributed by atoms with Crippen molar-refractivity contribution in [3.05, 3.63) is 22.7 Å². The molecule has 0 radical (unpaired) electrons. The van der Waals surface area contributed by atoms with Crippen molar-refractivity contribution in [2.24, 2.45) is 5.73 Å². The van der Waals surface area contributed by atoms with Crippen molar-refractivity contribution in [1.82, 2.24) is 0 Å². The van der Waals surface area contributed by atoms with Crippen molar-refractivity contribution >= 4 is 17.6 Å². The van der Waals surface area contributed by atoms with Crippen LogP contribution in [0.4, 0.5) is 0 Å². The van der Waals surface area contributed by atoms with E-state index in [1.807, 2.05) is 0 Å². The fraction of sp³-hybridized carbons (Fsp3) is 0.417. The molecule has 0 spiro atoms. The van der Waals surface area contributed by atoms with Crippen LogP contribution in [0, 0.1) is 0 Å². The Balaban J connectivity index is 3.08. The second-order valence-corrected chi connectivity index (χ2v) is 4.14. The molecule has 0 aliphatic heterocycles. The van der Waals surface area contributed by atoms with Crippen molar-refractivity contribution in [3.8, 4) is 11.5 Å². The maximum Gasteiger partial charge on any atom is 0.303 e. The second kappa shape index (κ2) is 6.47. The van der Waals surface area contributed by atoms with Gasteiger partial charge in [-0.2, -0.15) is 0 Å². The Hall–Kier alpha value is -1.46. The van der Waals surface area contributed by atoms with Crippen LogP contribution in [0.25, 0.3) is 0 Å². The molecule has 0 amide bonds. The average molecular weight is 274 g/mol. The summed E-state index contributed by atoms with van der Waals surface area (Å²) in [5.41, 5.74) is 6.53. The lowest BCUT2D eigenvalue weighted by Crippen LogP contribution is -2.14. The van der Waals surface area contributed by atoms with Gasteiger partial charge in [0.25, 0.3) is 0 Å². The Labute approximate surface area is 110 Å². The monoisotopic (exact) mass is 273 g/mol. The van der Waals surface area contributed by atoms with Crippen LogP contribution >= 0.6 is 11.6 Å². The number of hydrogen-bond donors (Lipinski definition) is 2. The summed E-state index contributed by atoms with van der Waals surface area (Å²) < 4.78 is 10.4. The maximum absolute atomic E-state index is 10.6. The maximum atomic E-state index is 10.6. The lowest BCUT2D eigenvalue weighted by molar-refractivity contribution is -0.137. The molecule has 0 aliphatic carbocycles. The van der Waals surface area contributed by atoms with E-state index >= 15 is 0 Å². The Morgan fingerprint density at radius 2 is 2.11 bits per heavy atom. The minimum Gasteiger partial charge on any atom is -0.493 e. The van der Waals surface area contributed by atoms with E-state index in [1.54, 1.807) is 12.1 Å². The molecule has 0 saturated heterocycles. The highest BCUT2D eigenvalue weighted by Gasteiger charge is 2.20. The number of ether oxygens (including phenoxy) is 2. The first kappa shape index (κ1) is 14.6. The number of carboxylic acid groups (broad SMARTS) is 1. The highest BCUT2D eigenvalue weighted by molar-refractivity contribution is 6.31. The molecule has 1 atom stereocenters. The molecule has 1 rings (SSSR count). The molecule has 100 valence electrons. The van der Waals surface area contributed by atoms with E-state index in [4.69, 9.17) is 31.9 Å². The van der Waals surface area contributed by atoms with Gasteiger partial charge in [-0.1, -0.05) is 11.6 Å². The van der Waals surface area contributed by atoms with Crippen LogP contribution in [0.2, 0.25) is 5.02 Å². The molecule has 0 aromatic heterocycles. The molecule has 6 heteroatoms. The summed E-state index contributed by atoms with van der Waals surface area (Å²) in [7, 11) is 3.00. The number of aliphatic carboxylic acids is 1. The largest absolute Gasteiger partial charge is 0.493 e. The zero-order valence-corrected chi connectivity index (χ0v) is 11.0. The second-order valence-electron chi connectivity index (χ2n) is 3.74. The Morgan fingerprint density at radius 1 is 1.44 bits per heavy atom. The molecule has 3 N–H and O–H groups in total. The van der Waals surface area contributed by atoms with E-state index in [-0.39, 0.29) is 12.8 Å². The normalized spacial score (nSPS) is 12.0. The van der Waals surface area contributed by atoms with Gasteiger partial charge in [0, 0.05) is 23.0 Å². The first-order valence-electron chi connectivity index (χ1n) is 5.39. The van der Waals surface area contributed by atoms with Crippen LogP contribution in [0.1, 0.15) is 24.4 Å². The fourth-order valence-corrected chi connectivity index (χ4v) is 1.98. The molecule has 0 bridgehead atoms. The molecule has 1 aromatic carbocycles. The van der Waals surface area contributed by atoms with E-state index < -0.39 is 12.0 Å². The molecule has 18 heavy (non-hydrogen) atoms. The van der Waals surface area contributed by atoms with Gasteiger partial charge >= 0.3 is 5.97 Å². The molecule has 1 unspecified atom stereocenters. The third-order valence-corrected chi connectivity index (χ3v) is 2.90. The van der Waals surface area contributed by atoms with Crippen LogP contribution in [0.15, 0.2) is 12.1 Å². The SMILES string of the molecule is COc1ccc(Cl)c(C(N)CCC(=O)O)c1OC. The number of rotatable bonds is 6. The standard InChI is InChI=1S/C12H16ClNO4/c1-17-9-5-3-7(13)11(12(9)18-2)8(14)4-6-10(15)16/h3,5,8H,4,6,14H2,1-2H3,(H,15,16). The molecular formula is C12H16ClNO4. The molecule has 0 aliphatic rings. The zero-order chi connectivity index (χ0) is 13.7. The van der Waals surface area contributed by atoms with E-state index in [2.05, 4.69) is 0 Å². The van der Waals surface area contributed by atoms with Gasteiger partial charge in [0.15, 0.2) is 11.5 Å². The fourth-order valence-electron chi connectivity index (χ4n) is 1.70. The van der Waals surface area contributed by atoms with Crippen LogP contribution in [0.5, 0.6) is 11.5 Å². The van der Waals surface area contributed by atoms with E-state index in [9.17, 15) is 4.79 Å². The number of nitrogens with two attached hydrogens (primary N) is 1. The number of carbonyl (C=O) groups is 1. The Kier molecular flexibility index (Phi) is 5.25. The van der Waals surface area contributed by atoms with Crippen molar-refractivity contribution in [3.63, 3.8) is 0 Å². The van der Waals surface area contributed by atoms with E-state index in [1.165, 1.54) is 14.2 Å². The third kappa shape index (κ3) is 3.27. The van der Waals surface area contributed by atoms with Crippen molar-refractivity contribution in [1.29, 1.82) is 0 Å². The summed E-state index contributed by atoms with van der Waals surface area (Å²) in [6, 6.07) is 2.81. The van der Waals surface area contributed by atoms with Crippen LogP contribution in [-0.2, 0) is 4.79 Å². The van der Waals surface area contributed by atoms with Gasteiger partial charge < -0.3 is 20.3 Å². The minimum absolute atomic E-state index is 0.0299. The predicted molar refractivity (Wildman–Crippen MR) is 68.4 cm³/mol. The highest BCUT2D eigenvalue weighted by Crippen LogP contribution is 2.40. The Morgan fingerprint density at radius 3 is 2.61 bits per heavy atom. The van der Waals surface area contributed by atoms with Gasteiger partial charge in [0.1, 0.15) is 0 Å². The summed E-state index contributed by atoms with van der Waals surface area (Å²) in [6.07, 6.45) is 0.246. The predicted octanol–water partition coefficient (Wildman–Crippen LogP) is 2.22. The van der Waals surface area contributed by atoms with Crippen molar-refractivity contribution in [2.45, 2.75) is 18.9 Å². The van der Waals surface area contributed by atoms with Gasteiger partial charge in [0.2, 0.25) is 0 Å². The summed E-state index contributed by atoms with van der Waals surface area (Å²) in [5.74, 6) is 0.0639. The molecule has 1 aromatic rings. The smallest absolute Gasteiger partial charge is 0.303 e. The molecule has 5 nitrogen and oxygen atoms in total. The van der Waals surface area contributed by atoms with Gasteiger partial charge in [-0.25, -0.2) is 0 Å². The highest BCUT2D eigenvalue weighted by atomic mass is 35.5. The minimum atomic E-state index is -0.900. The van der Waals surface area contributed by atoms with Gasteiger partial charge in [-0.3, -0.25) is 4.79 Å². The lowest BCUT2D eigenvalue weighted by atomic mass is 10.0. The summed E-state index contributed by atoms with van der Waals surface area (Å²) >= 11 is 6.08. The molecule has 0 heterocycles. The molecule has 0 saturated carbocycles. The lowest BCUT2D eigenvalue weighted by Gasteiger charge is -2.18. The first-order chi connectivity index (χ1) is 8.51. The average Bonchev–Trinajstić information content (AvgIpc) is 2.35. The number of hydrogen-bond acceptors (Lipinski definition) is 4. The van der Waals surface area contributed by atoms with Crippen LogP contribution in [-0.4, -0.2) is 25.3 Å². The number of methoxy groups -OCH3 is 2. The molecule has 0 fully saturated rings. The van der Waals surface area contributed by atoms with Gasteiger partial charge in [0.05, 0.1) is 14.2 Å². The molecular weight excluding hydrogens is 258 g/mol. The third-order valence-electron chi connectivity index (χ3n) is 2.57. The van der Waals surface area contributed by atoms with Crippen LogP contribution in [0.3, 0.4) is 0 Å². The van der Waals surface area contributed by atoms with Crippen molar-refractivity contribution < 1.29 is 19.4 Å². The quantitative estimate of drug-likeness (QED) is 0.830. The van der Waals surface area contributed by atoms with Gasteiger partial charge in [-0.15, -0.1) is 0 Å². The zero-order valence-electron chi connectivity index (χ0n) is 10.3. The van der Waals surface area contributed by atoms with Gasteiger partial charge in [-0.05, 0) is 18.6 Å². The number of carboxylic acids is 1. The topological polar surface area (TPSA) is 81.8 Å². The van der Waals surface area contributed by atoms with Crippen molar-refractivity contribution in [2.75, 3.05) is 14.2 Å².